The van der Waals surface area contributed by atoms with Gasteiger partial charge in [-0.3, -0.25) is 4.79 Å². The second kappa shape index (κ2) is 6.60. The minimum Gasteiger partial charge on any atom is -0.377 e. The third kappa shape index (κ3) is 3.28. The minimum absolute atomic E-state index is 0.137. The van der Waals surface area contributed by atoms with Gasteiger partial charge in [0.1, 0.15) is 0 Å². The zero-order chi connectivity index (χ0) is 14.6. The van der Waals surface area contributed by atoms with Crippen LogP contribution in [-0.2, 0) is 0 Å². The SMILES string of the molecule is CCN(CC)C(=O)c1c(C(C)C)cccc1N(C)C. The molecular weight excluding hydrogens is 236 g/mol. The molecule has 0 fully saturated rings. The molecule has 0 unspecified atom stereocenters. The highest BCUT2D eigenvalue weighted by atomic mass is 16.2. The predicted molar refractivity (Wildman–Crippen MR) is 82.1 cm³/mol. The molecule has 1 aromatic carbocycles. The molecule has 0 saturated carbocycles. The molecule has 1 amide bonds. The number of carbonyl (C=O) groups excluding carboxylic acids is 1. The summed E-state index contributed by atoms with van der Waals surface area (Å²) in [5.41, 5.74) is 2.98. The fourth-order valence-electron chi connectivity index (χ4n) is 2.31. The van der Waals surface area contributed by atoms with Crippen LogP contribution < -0.4 is 4.90 Å². The molecule has 0 aliphatic rings. The second-order valence-corrected chi connectivity index (χ2v) is 5.27. The summed E-state index contributed by atoms with van der Waals surface area (Å²) in [6.45, 7) is 9.80. The molecule has 0 aliphatic heterocycles. The Morgan fingerprint density at radius 2 is 1.74 bits per heavy atom. The van der Waals surface area contributed by atoms with Gasteiger partial charge >= 0.3 is 0 Å². The lowest BCUT2D eigenvalue weighted by molar-refractivity contribution is 0.0772. The molecule has 3 heteroatoms. The summed E-state index contributed by atoms with van der Waals surface area (Å²) in [6.07, 6.45) is 0. The van der Waals surface area contributed by atoms with Gasteiger partial charge in [0.2, 0.25) is 0 Å². The van der Waals surface area contributed by atoms with Crippen LogP contribution in [0.15, 0.2) is 18.2 Å². The van der Waals surface area contributed by atoms with Crippen molar-refractivity contribution in [2.75, 3.05) is 32.1 Å². The van der Waals surface area contributed by atoms with E-state index < -0.39 is 0 Å². The summed E-state index contributed by atoms with van der Waals surface area (Å²) >= 11 is 0. The number of hydrogen-bond acceptors (Lipinski definition) is 2. The normalized spacial score (nSPS) is 10.7. The number of carbonyl (C=O) groups is 1. The van der Waals surface area contributed by atoms with Gasteiger partial charge in [0.05, 0.1) is 5.56 Å². The predicted octanol–water partition coefficient (Wildman–Crippen LogP) is 3.36. The summed E-state index contributed by atoms with van der Waals surface area (Å²) in [5, 5.41) is 0. The zero-order valence-corrected chi connectivity index (χ0v) is 13.0. The molecule has 0 radical (unpaired) electrons. The number of hydrogen-bond donors (Lipinski definition) is 0. The average Bonchev–Trinajstić information content (AvgIpc) is 2.38. The quantitative estimate of drug-likeness (QED) is 0.812. The summed E-state index contributed by atoms with van der Waals surface area (Å²) in [4.78, 5) is 16.7. The Morgan fingerprint density at radius 3 is 2.16 bits per heavy atom. The van der Waals surface area contributed by atoms with Crippen LogP contribution in [0.25, 0.3) is 0 Å². The zero-order valence-electron chi connectivity index (χ0n) is 13.0. The molecule has 0 aliphatic carbocycles. The van der Waals surface area contributed by atoms with E-state index in [-0.39, 0.29) is 5.91 Å². The van der Waals surface area contributed by atoms with Crippen molar-refractivity contribution in [3.63, 3.8) is 0 Å². The van der Waals surface area contributed by atoms with Gasteiger partial charge < -0.3 is 9.80 Å². The van der Waals surface area contributed by atoms with Crippen LogP contribution in [-0.4, -0.2) is 38.0 Å². The van der Waals surface area contributed by atoms with Crippen molar-refractivity contribution in [3.8, 4) is 0 Å². The fraction of sp³-hybridized carbons (Fsp3) is 0.562. The van der Waals surface area contributed by atoms with Crippen molar-refractivity contribution in [2.45, 2.75) is 33.6 Å². The summed E-state index contributed by atoms with van der Waals surface area (Å²) in [6, 6.07) is 6.11. The first kappa shape index (κ1) is 15.5. The second-order valence-electron chi connectivity index (χ2n) is 5.27. The standard InChI is InChI=1S/C16H26N2O/c1-7-18(8-2)16(19)15-13(12(3)4)10-9-11-14(15)17(5)6/h9-12H,7-8H2,1-6H3. The van der Waals surface area contributed by atoms with Crippen molar-refractivity contribution in [1.29, 1.82) is 0 Å². The van der Waals surface area contributed by atoms with Crippen LogP contribution >= 0.6 is 0 Å². The van der Waals surface area contributed by atoms with Crippen LogP contribution in [0.5, 0.6) is 0 Å². The highest BCUT2D eigenvalue weighted by Crippen LogP contribution is 2.29. The van der Waals surface area contributed by atoms with Crippen molar-refractivity contribution >= 4 is 11.6 Å². The number of amides is 1. The van der Waals surface area contributed by atoms with Gasteiger partial charge in [-0.2, -0.15) is 0 Å². The molecule has 0 atom stereocenters. The van der Waals surface area contributed by atoms with Crippen molar-refractivity contribution < 1.29 is 4.79 Å². The monoisotopic (exact) mass is 262 g/mol. The van der Waals surface area contributed by atoms with Crippen molar-refractivity contribution in [2.24, 2.45) is 0 Å². The van der Waals surface area contributed by atoms with E-state index in [1.165, 1.54) is 0 Å². The van der Waals surface area contributed by atoms with Crippen LogP contribution in [0.4, 0.5) is 5.69 Å². The average molecular weight is 262 g/mol. The van der Waals surface area contributed by atoms with E-state index in [0.717, 1.165) is 29.9 Å². The van der Waals surface area contributed by atoms with E-state index in [4.69, 9.17) is 0 Å². The van der Waals surface area contributed by atoms with Crippen LogP contribution in [0, 0.1) is 0 Å². The lowest BCUT2D eigenvalue weighted by Gasteiger charge is -2.26. The van der Waals surface area contributed by atoms with E-state index in [9.17, 15) is 4.79 Å². The summed E-state index contributed by atoms with van der Waals surface area (Å²) < 4.78 is 0. The van der Waals surface area contributed by atoms with Gasteiger partial charge in [-0.05, 0) is 31.4 Å². The molecule has 0 aromatic heterocycles. The van der Waals surface area contributed by atoms with E-state index in [2.05, 4.69) is 19.9 Å². The fourth-order valence-corrected chi connectivity index (χ4v) is 2.31. The lowest BCUT2D eigenvalue weighted by atomic mass is 9.94. The van der Waals surface area contributed by atoms with Crippen molar-refractivity contribution in [3.05, 3.63) is 29.3 Å². The molecule has 0 N–H and O–H groups in total. The Bertz CT molecular complexity index is 408. The van der Waals surface area contributed by atoms with Gasteiger partial charge in [-0.25, -0.2) is 0 Å². The number of anilines is 1. The molecule has 3 nitrogen and oxygen atoms in total. The van der Waals surface area contributed by atoms with E-state index in [1.54, 1.807) is 0 Å². The third-order valence-corrected chi connectivity index (χ3v) is 3.44. The Labute approximate surface area is 117 Å². The highest BCUT2D eigenvalue weighted by molar-refractivity contribution is 6.01. The first-order valence-corrected chi connectivity index (χ1v) is 7.03. The smallest absolute Gasteiger partial charge is 0.256 e. The first-order chi connectivity index (χ1) is 8.93. The Morgan fingerprint density at radius 1 is 1.16 bits per heavy atom. The first-order valence-electron chi connectivity index (χ1n) is 7.03. The minimum atomic E-state index is 0.137. The number of nitrogens with zero attached hydrogens (tertiary/aromatic N) is 2. The van der Waals surface area contributed by atoms with E-state index in [1.807, 2.05) is 49.9 Å². The lowest BCUT2D eigenvalue weighted by Crippen LogP contribution is -2.32. The van der Waals surface area contributed by atoms with Gasteiger partial charge in [0, 0.05) is 32.9 Å². The number of rotatable bonds is 5. The van der Waals surface area contributed by atoms with Crippen LogP contribution in [0.1, 0.15) is 49.5 Å². The topological polar surface area (TPSA) is 23.6 Å². The molecule has 19 heavy (non-hydrogen) atoms. The number of benzene rings is 1. The molecule has 106 valence electrons. The Hall–Kier alpha value is -1.51. The molecule has 0 bridgehead atoms. The maximum atomic E-state index is 12.8. The molecule has 1 rings (SSSR count). The van der Waals surface area contributed by atoms with Gasteiger partial charge in [-0.1, -0.05) is 26.0 Å². The maximum absolute atomic E-state index is 12.8. The van der Waals surface area contributed by atoms with Crippen LogP contribution in [0.3, 0.4) is 0 Å². The van der Waals surface area contributed by atoms with Gasteiger partial charge in [0.25, 0.3) is 5.91 Å². The molecular formula is C16H26N2O. The van der Waals surface area contributed by atoms with E-state index >= 15 is 0 Å². The highest BCUT2D eigenvalue weighted by Gasteiger charge is 2.22. The third-order valence-electron chi connectivity index (χ3n) is 3.44. The molecule has 0 saturated heterocycles. The largest absolute Gasteiger partial charge is 0.377 e. The Balaban J connectivity index is 3.40. The Kier molecular flexibility index (Phi) is 5.40. The van der Waals surface area contributed by atoms with E-state index in [0.29, 0.717) is 5.92 Å². The summed E-state index contributed by atoms with van der Waals surface area (Å²) in [7, 11) is 3.97. The molecule has 1 aromatic rings. The maximum Gasteiger partial charge on any atom is 0.256 e. The van der Waals surface area contributed by atoms with Crippen LogP contribution in [0.2, 0.25) is 0 Å². The van der Waals surface area contributed by atoms with Gasteiger partial charge in [0.15, 0.2) is 0 Å². The molecule has 0 spiro atoms. The molecule has 0 heterocycles. The summed E-state index contributed by atoms with van der Waals surface area (Å²) in [5.74, 6) is 0.479. The van der Waals surface area contributed by atoms with Crippen molar-refractivity contribution in [1.82, 2.24) is 4.90 Å². The van der Waals surface area contributed by atoms with Gasteiger partial charge in [-0.15, -0.1) is 0 Å².